The number of aryl methyl sites for hydroxylation is 1. The predicted octanol–water partition coefficient (Wildman–Crippen LogP) is 3.55. The van der Waals surface area contributed by atoms with Crippen LogP contribution in [0.3, 0.4) is 0 Å². The molecule has 0 unspecified atom stereocenters. The van der Waals surface area contributed by atoms with Crippen LogP contribution >= 0.6 is 11.3 Å². The first kappa shape index (κ1) is 17.5. The van der Waals surface area contributed by atoms with Gasteiger partial charge in [0.25, 0.3) is 0 Å². The van der Waals surface area contributed by atoms with Crippen molar-refractivity contribution >= 4 is 34.0 Å². The van der Waals surface area contributed by atoms with Crippen LogP contribution in [0.15, 0.2) is 30.5 Å². The van der Waals surface area contributed by atoms with Crippen LogP contribution < -0.4 is 11.1 Å². The molecule has 7 nitrogen and oxygen atoms in total. The average Bonchev–Trinajstić information content (AvgIpc) is 3.22. The van der Waals surface area contributed by atoms with Gasteiger partial charge < -0.3 is 10.6 Å². The molecular weight excluding hydrogens is 372 g/mol. The first-order valence-electron chi connectivity index (χ1n) is 9.62. The first-order valence-corrected chi connectivity index (χ1v) is 10.4. The van der Waals surface area contributed by atoms with Gasteiger partial charge in [-0.05, 0) is 50.1 Å². The number of nitrogens with one attached hydrogen (secondary N) is 1. The number of benzene rings is 1. The fraction of sp³-hybridized carbons (Fsp3) is 0.400. The van der Waals surface area contributed by atoms with Gasteiger partial charge in [-0.3, -0.25) is 5.32 Å². The number of amides is 2. The van der Waals surface area contributed by atoms with E-state index in [-0.39, 0.29) is 24.2 Å². The van der Waals surface area contributed by atoms with Crippen molar-refractivity contribution in [2.24, 2.45) is 5.73 Å². The summed E-state index contributed by atoms with van der Waals surface area (Å²) in [5, 5.41) is 15.2. The molecule has 3 aromatic rings. The molecule has 2 aliphatic rings. The molecule has 0 spiro atoms. The zero-order valence-corrected chi connectivity index (χ0v) is 16.4. The van der Waals surface area contributed by atoms with Crippen LogP contribution in [0.4, 0.5) is 10.6 Å². The normalized spacial score (nSPS) is 23.9. The Balaban J connectivity index is 1.39. The molecule has 1 aromatic carbocycles. The minimum atomic E-state index is -0.0675. The zero-order chi connectivity index (χ0) is 19.3. The summed E-state index contributed by atoms with van der Waals surface area (Å²) in [6, 6.07) is 8.68. The Morgan fingerprint density at radius 3 is 2.68 bits per heavy atom. The van der Waals surface area contributed by atoms with Gasteiger partial charge in [-0.2, -0.15) is 0 Å². The highest BCUT2D eigenvalue weighted by atomic mass is 32.1. The summed E-state index contributed by atoms with van der Waals surface area (Å²) in [6.07, 6.45) is 5.66. The van der Waals surface area contributed by atoms with Gasteiger partial charge in [0.2, 0.25) is 0 Å². The maximum Gasteiger partial charge on any atom is 0.323 e. The van der Waals surface area contributed by atoms with Crippen molar-refractivity contribution in [2.45, 2.75) is 50.7 Å². The van der Waals surface area contributed by atoms with Crippen LogP contribution in [0.2, 0.25) is 0 Å². The summed E-state index contributed by atoms with van der Waals surface area (Å²) in [6.45, 7) is 1.94. The highest BCUT2D eigenvalue weighted by Crippen LogP contribution is 2.35. The molecule has 0 radical (unpaired) electrons. The van der Waals surface area contributed by atoms with E-state index in [1.54, 1.807) is 17.5 Å². The van der Waals surface area contributed by atoms with E-state index in [2.05, 4.69) is 26.6 Å². The van der Waals surface area contributed by atoms with Crippen LogP contribution in [0.1, 0.15) is 30.7 Å². The van der Waals surface area contributed by atoms with E-state index < -0.39 is 0 Å². The van der Waals surface area contributed by atoms with E-state index in [4.69, 9.17) is 5.73 Å². The van der Waals surface area contributed by atoms with Crippen molar-refractivity contribution in [3.05, 3.63) is 35.5 Å². The number of hydrogen-bond acceptors (Lipinski definition) is 6. The average molecular weight is 395 g/mol. The minimum Gasteiger partial charge on any atom is -0.328 e. The van der Waals surface area contributed by atoms with E-state index in [9.17, 15) is 4.79 Å². The fourth-order valence-corrected chi connectivity index (χ4v) is 5.17. The van der Waals surface area contributed by atoms with Crippen LogP contribution in [0, 0.1) is 6.92 Å². The Morgan fingerprint density at radius 1 is 1.18 bits per heavy atom. The maximum absolute atomic E-state index is 12.9. The third-order valence-corrected chi connectivity index (χ3v) is 6.62. The van der Waals surface area contributed by atoms with E-state index in [0.717, 1.165) is 52.0 Å². The van der Waals surface area contributed by atoms with Gasteiger partial charge in [0, 0.05) is 35.3 Å². The van der Waals surface area contributed by atoms with E-state index in [0.29, 0.717) is 5.82 Å². The minimum absolute atomic E-state index is 0.0675. The summed E-state index contributed by atoms with van der Waals surface area (Å²) >= 11 is 1.57. The first-order chi connectivity index (χ1) is 13.6. The lowest BCUT2D eigenvalue weighted by Gasteiger charge is -2.37. The van der Waals surface area contributed by atoms with Gasteiger partial charge in [0.05, 0.1) is 0 Å². The molecule has 2 fully saturated rings. The Morgan fingerprint density at radius 2 is 1.96 bits per heavy atom. The second kappa shape index (κ2) is 6.79. The fourth-order valence-electron chi connectivity index (χ4n) is 4.48. The van der Waals surface area contributed by atoms with Crippen LogP contribution in [0.25, 0.3) is 21.3 Å². The van der Waals surface area contributed by atoms with Crippen molar-refractivity contribution in [1.29, 1.82) is 0 Å². The second-order valence-electron chi connectivity index (χ2n) is 7.71. The third-order valence-electron chi connectivity index (χ3n) is 5.73. The number of pyridine rings is 1. The van der Waals surface area contributed by atoms with E-state index in [1.165, 1.54) is 0 Å². The Hall–Kier alpha value is -2.58. The lowest BCUT2D eigenvalue weighted by atomic mass is 9.99. The molecule has 2 aromatic heterocycles. The number of piperidine rings is 1. The Kier molecular flexibility index (Phi) is 4.25. The molecule has 2 saturated heterocycles. The number of carbonyl (C=O) groups excluding carboxylic acids is 1. The molecule has 2 amide bonds. The zero-order valence-electron chi connectivity index (χ0n) is 15.6. The highest BCUT2D eigenvalue weighted by Gasteiger charge is 2.42. The number of aromatic nitrogens is 3. The van der Waals surface area contributed by atoms with Crippen molar-refractivity contribution < 1.29 is 4.79 Å². The van der Waals surface area contributed by atoms with Crippen molar-refractivity contribution in [3.8, 4) is 10.6 Å². The molecule has 0 saturated carbocycles. The molecule has 4 heterocycles. The number of nitrogens with two attached hydrogens (primary N) is 1. The number of fused-ring (bicyclic) bond motifs is 3. The molecule has 5 rings (SSSR count). The summed E-state index contributed by atoms with van der Waals surface area (Å²) in [7, 11) is 0. The maximum atomic E-state index is 12.9. The van der Waals surface area contributed by atoms with Crippen molar-refractivity contribution in [1.82, 2.24) is 20.1 Å². The standard InChI is InChI=1S/C20H22N6OS/c1-11-24-25-19(28-11)12-2-3-13-10-22-18(7-14(13)6-12)23-20(27)26-16-4-5-17(26)9-15(21)8-16/h2-3,6-7,10,15-17H,4-5,8-9,21H2,1H3,(H,22,23,27)/t15-,16-,17+. The molecule has 2 bridgehead atoms. The monoisotopic (exact) mass is 394 g/mol. The van der Waals surface area contributed by atoms with Gasteiger partial charge in [-0.25, -0.2) is 9.78 Å². The molecule has 2 aliphatic heterocycles. The molecule has 3 N–H and O–H groups in total. The summed E-state index contributed by atoms with van der Waals surface area (Å²) in [4.78, 5) is 19.3. The number of urea groups is 1. The molecule has 144 valence electrons. The van der Waals surface area contributed by atoms with E-state index in [1.807, 2.05) is 30.0 Å². The molecule has 3 atom stereocenters. The number of nitrogens with zero attached hydrogens (tertiary/aromatic N) is 4. The highest BCUT2D eigenvalue weighted by molar-refractivity contribution is 7.14. The Labute approximate surface area is 167 Å². The molecule has 8 heteroatoms. The summed E-state index contributed by atoms with van der Waals surface area (Å²) in [5.41, 5.74) is 7.14. The topological polar surface area (TPSA) is 97.0 Å². The van der Waals surface area contributed by atoms with Crippen molar-refractivity contribution in [2.75, 3.05) is 5.32 Å². The number of rotatable bonds is 2. The third kappa shape index (κ3) is 3.12. The van der Waals surface area contributed by atoms with Crippen LogP contribution in [0.5, 0.6) is 0 Å². The SMILES string of the molecule is Cc1nnc(-c2ccc3cnc(NC(=O)N4[C@@H]5CC[C@H]4C[C@H](N)C5)cc3c2)s1. The second-order valence-corrected chi connectivity index (χ2v) is 8.89. The van der Waals surface area contributed by atoms with Gasteiger partial charge in [0.15, 0.2) is 0 Å². The van der Waals surface area contributed by atoms with Crippen molar-refractivity contribution in [3.63, 3.8) is 0 Å². The molecule has 0 aliphatic carbocycles. The lowest BCUT2D eigenvalue weighted by Crippen LogP contribution is -2.51. The van der Waals surface area contributed by atoms with Gasteiger partial charge in [0.1, 0.15) is 15.8 Å². The summed E-state index contributed by atoms with van der Waals surface area (Å²) < 4.78 is 0. The smallest absolute Gasteiger partial charge is 0.323 e. The van der Waals surface area contributed by atoms with Gasteiger partial charge >= 0.3 is 6.03 Å². The largest absolute Gasteiger partial charge is 0.328 e. The molecular formula is C20H22N6OS. The quantitative estimate of drug-likeness (QED) is 0.693. The lowest BCUT2D eigenvalue weighted by molar-refractivity contribution is 0.150. The number of anilines is 1. The number of hydrogen-bond donors (Lipinski definition) is 2. The van der Waals surface area contributed by atoms with Gasteiger partial charge in [-0.1, -0.05) is 23.5 Å². The number of carbonyl (C=O) groups is 1. The Bertz CT molecular complexity index is 1040. The van der Waals surface area contributed by atoms with E-state index >= 15 is 0 Å². The van der Waals surface area contributed by atoms with Crippen LogP contribution in [-0.4, -0.2) is 44.2 Å². The molecule has 28 heavy (non-hydrogen) atoms. The predicted molar refractivity (Wildman–Crippen MR) is 110 cm³/mol. The summed E-state index contributed by atoms with van der Waals surface area (Å²) in [5.74, 6) is 0.567. The van der Waals surface area contributed by atoms with Crippen LogP contribution in [-0.2, 0) is 0 Å². The van der Waals surface area contributed by atoms with Gasteiger partial charge in [-0.15, -0.1) is 10.2 Å².